The number of carbonyl (C=O) groups excluding carboxylic acids is 8. The van der Waals surface area contributed by atoms with Crippen LogP contribution >= 0.6 is 0 Å². The first kappa shape index (κ1) is 58.2. The molecule has 0 radical (unpaired) electrons. The molecule has 0 saturated heterocycles. The van der Waals surface area contributed by atoms with Gasteiger partial charge in [-0.3, -0.25) is 43.3 Å². The summed E-state index contributed by atoms with van der Waals surface area (Å²) in [5.74, 6) is -8.32. The highest BCUT2D eigenvalue weighted by atomic mass is 16.4. The lowest BCUT2D eigenvalue weighted by Gasteiger charge is -2.29. The Hall–Kier alpha value is -7.10. The summed E-state index contributed by atoms with van der Waals surface area (Å²) >= 11 is 0. The van der Waals surface area contributed by atoms with Gasteiger partial charge in [-0.1, -0.05) is 93.8 Å². The number of nitrogens with zero attached hydrogens (tertiary/aromatic N) is 1. The number of hydrogen-bond donors (Lipinski definition) is 12. The number of unbranched alkanes of at least 4 members (excludes halogenated alkanes) is 1. The van der Waals surface area contributed by atoms with Crippen molar-refractivity contribution in [1.82, 2.24) is 37.2 Å². The van der Waals surface area contributed by atoms with E-state index in [4.69, 9.17) is 22.9 Å². The fraction of sp³-hybridized carbons (Fsp3) is 0.551. The Morgan fingerprint density at radius 1 is 0.620 bits per heavy atom. The maximum Gasteiger partial charge on any atom is 0.326 e. The molecule has 8 amide bonds. The zero-order valence-corrected chi connectivity index (χ0v) is 41.0. The molecule has 0 bridgehead atoms. The highest BCUT2D eigenvalue weighted by molar-refractivity contribution is 5.98. The fourth-order valence-electron chi connectivity index (χ4n) is 8.26. The Morgan fingerprint density at radius 2 is 1.07 bits per heavy atom. The third-order valence-corrected chi connectivity index (χ3v) is 12.3. The van der Waals surface area contributed by atoms with Crippen molar-refractivity contribution in [3.8, 4) is 0 Å². The van der Waals surface area contributed by atoms with Crippen LogP contribution in [0.4, 0.5) is 0 Å². The number of aliphatic imine (C=N–C) groups is 1. The van der Waals surface area contributed by atoms with E-state index in [1.165, 1.54) is 6.92 Å². The summed E-state index contributed by atoms with van der Waals surface area (Å²) in [6, 6.07) is 8.31. The normalized spacial score (nSPS) is 15.7. The zero-order valence-electron chi connectivity index (χ0n) is 41.0. The highest BCUT2D eigenvalue weighted by Gasteiger charge is 2.37. The van der Waals surface area contributed by atoms with E-state index in [1.54, 1.807) is 74.5 Å². The van der Waals surface area contributed by atoms with Crippen molar-refractivity contribution in [2.24, 2.45) is 39.8 Å². The minimum absolute atomic E-state index is 0.00281. The van der Waals surface area contributed by atoms with Gasteiger partial charge < -0.3 is 65.3 Å². The number of nitrogens with two attached hydrogens (primary N) is 4. The number of carboxylic acids is 1. The topological polar surface area (TPSA) is 375 Å². The van der Waals surface area contributed by atoms with Crippen LogP contribution in [-0.4, -0.2) is 120 Å². The van der Waals surface area contributed by atoms with Gasteiger partial charge in [-0.25, -0.2) is 4.79 Å². The Balaban J connectivity index is 1.99. The van der Waals surface area contributed by atoms with Gasteiger partial charge in [0.2, 0.25) is 47.3 Å². The molecule has 16 N–H and O–H groups in total. The standard InChI is InChI=1S/C49H74N12O10/c1-4-29(2)40(48(70)71)61-46(68)38(28-39(51)63)60-42(64)34(22-13-14-24-50)56-44(66)36(26-31-16-7-5-8-17-31)59-45(67)37(27-32-18-9-6-10-19-32)58-43(65)35(23-15-25-54-49(52)53)57-47(69)41(55-30(3)62)33-20-11-12-21-33/h5-10,16-19,29,33-38,40-41H,4,11-15,20-28,50H2,1-3H3,(H2,51,63)(H,55,62)(H,56,66)(H,57,69)(H,58,65)(H,59,67)(H,60,64)(H,61,68)(H,70,71)(H4,52,53,54)/t29-,34-,35-,36-,37-,38-,40-,41?/m0/s1. The number of aliphatic carboxylic acids is 1. The Labute approximate surface area is 414 Å². The molecule has 1 fully saturated rings. The first-order valence-electron chi connectivity index (χ1n) is 24.3. The van der Waals surface area contributed by atoms with Crippen molar-refractivity contribution in [2.75, 3.05) is 13.1 Å². The molecule has 22 heteroatoms. The predicted molar refractivity (Wildman–Crippen MR) is 265 cm³/mol. The van der Waals surface area contributed by atoms with Crippen molar-refractivity contribution in [3.05, 3.63) is 71.8 Å². The SMILES string of the molecule is CC[C@H](C)[C@H](NC(=O)[C@H](CC(N)=O)NC(=O)[C@H](CCCCN)NC(=O)[C@H](Cc1ccccc1)NC(=O)[C@H](Cc1ccccc1)NC(=O)[C@H](CCCN=C(N)N)NC(=O)C(NC(C)=O)C1CCCC1)C(=O)O. The Bertz CT molecular complexity index is 2120. The van der Waals surface area contributed by atoms with Gasteiger partial charge in [-0.2, -0.15) is 0 Å². The second-order valence-electron chi connectivity index (χ2n) is 18.0. The van der Waals surface area contributed by atoms with Crippen LogP contribution in [0.1, 0.15) is 103 Å². The van der Waals surface area contributed by atoms with E-state index in [0.29, 0.717) is 43.2 Å². The van der Waals surface area contributed by atoms with Gasteiger partial charge in [-0.05, 0) is 74.5 Å². The first-order valence-corrected chi connectivity index (χ1v) is 24.3. The van der Waals surface area contributed by atoms with E-state index in [9.17, 15) is 48.3 Å². The quantitative estimate of drug-likeness (QED) is 0.0252. The summed E-state index contributed by atoms with van der Waals surface area (Å²) in [4.78, 5) is 125. The van der Waals surface area contributed by atoms with Crippen LogP contribution in [0, 0.1) is 11.8 Å². The lowest BCUT2D eigenvalue weighted by atomic mass is 9.96. The molecular weight excluding hydrogens is 917 g/mol. The minimum atomic E-state index is -1.61. The van der Waals surface area contributed by atoms with E-state index >= 15 is 0 Å². The average molecular weight is 991 g/mol. The molecule has 1 aliphatic rings. The van der Waals surface area contributed by atoms with Gasteiger partial charge in [0.1, 0.15) is 42.3 Å². The predicted octanol–water partition coefficient (Wildman–Crippen LogP) is -0.736. The van der Waals surface area contributed by atoms with E-state index < -0.39 is 108 Å². The number of primary amides is 1. The maximum atomic E-state index is 14.6. The van der Waals surface area contributed by atoms with Crippen LogP contribution in [0.5, 0.6) is 0 Å². The van der Waals surface area contributed by atoms with Crippen LogP contribution in [-0.2, 0) is 56.0 Å². The Kier molecular flexibility index (Phi) is 25.0. The monoisotopic (exact) mass is 991 g/mol. The summed E-state index contributed by atoms with van der Waals surface area (Å²) < 4.78 is 0. The van der Waals surface area contributed by atoms with Crippen molar-refractivity contribution in [3.63, 3.8) is 0 Å². The highest BCUT2D eigenvalue weighted by Crippen LogP contribution is 2.28. The summed E-state index contributed by atoms with van der Waals surface area (Å²) in [6.45, 7) is 5.03. The van der Waals surface area contributed by atoms with Gasteiger partial charge in [-0.15, -0.1) is 0 Å². The molecule has 2 aromatic carbocycles. The fourth-order valence-corrected chi connectivity index (χ4v) is 8.26. The minimum Gasteiger partial charge on any atom is -0.480 e. The molecule has 0 aromatic heterocycles. The maximum absolute atomic E-state index is 14.6. The lowest BCUT2D eigenvalue weighted by molar-refractivity contribution is -0.144. The van der Waals surface area contributed by atoms with E-state index in [0.717, 1.165) is 12.8 Å². The lowest BCUT2D eigenvalue weighted by Crippen LogP contribution is -2.61. The zero-order chi connectivity index (χ0) is 52.5. The molecule has 0 heterocycles. The van der Waals surface area contributed by atoms with Crippen LogP contribution in [0.3, 0.4) is 0 Å². The molecule has 0 aliphatic heterocycles. The molecule has 1 aliphatic carbocycles. The van der Waals surface area contributed by atoms with Crippen LogP contribution in [0.15, 0.2) is 65.7 Å². The van der Waals surface area contributed by atoms with Crippen molar-refractivity contribution >= 4 is 59.2 Å². The van der Waals surface area contributed by atoms with Crippen LogP contribution < -0.4 is 60.2 Å². The van der Waals surface area contributed by atoms with Gasteiger partial charge >= 0.3 is 5.97 Å². The van der Waals surface area contributed by atoms with Gasteiger partial charge in [0.25, 0.3) is 0 Å². The summed E-state index contributed by atoms with van der Waals surface area (Å²) in [5.41, 5.74) is 23.5. The van der Waals surface area contributed by atoms with E-state index in [-0.39, 0.29) is 57.1 Å². The summed E-state index contributed by atoms with van der Waals surface area (Å²) in [6.07, 6.45) is 3.78. The number of nitrogens with one attached hydrogen (secondary N) is 7. The van der Waals surface area contributed by atoms with Crippen LogP contribution in [0.2, 0.25) is 0 Å². The number of amides is 8. The second-order valence-corrected chi connectivity index (χ2v) is 18.0. The second kappa shape index (κ2) is 30.5. The molecule has 22 nitrogen and oxygen atoms in total. The van der Waals surface area contributed by atoms with Crippen molar-refractivity contribution in [1.29, 1.82) is 0 Å². The first-order chi connectivity index (χ1) is 33.8. The molecular formula is C49H74N12O10. The summed E-state index contributed by atoms with van der Waals surface area (Å²) in [5, 5.41) is 28.4. The molecule has 3 rings (SSSR count). The smallest absolute Gasteiger partial charge is 0.326 e. The molecule has 390 valence electrons. The number of carboxylic acid groups (broad SMARTS) is 1. The summed E-state index contributed by atoms with van der Waals surface area (Å²) in [7, 11) is 0. The average Bonchev–Trinajstić information content (AvgIpc) is 3.87. The van der Waals surface area contributed by atoms with Crippen LogP contribution in [0.25, 0.3) is 0 Å². The third-order valence-electron chi connectivity index (χ3n) is 12.3. The van der Waals surface area contributed by atoms with E-state index in [2.05, 4.69) is 42.2 Å². The number of carbonyl (C=O) groups is 9. The number of rotatable bonds is 31. The molecule has 71 heavy (non-hydrogen) atoms. The van der Waals surface area contributed by atoms with Crippen molar-refractivity contribution in [2.45, 2.75) is 147 Å². The molecule has 8 atom stereocenters. The molecule has 2 aromatic rings. The molecule has 1 saturated carbocycles. The van der Waals surface area contributed by atoms with Crippen molar-refractivity contribution < 1.29 is 48.3 Å². The number of hydrogen-bond acceptors (Lipinski definition) is 11. The van der Waals surface area contributed by atoms with Gasteiger partial charge in [0, 0.05) is 26.3 Å². The number of guanidine groups is 1. The Morgan fingerprint density at radius 3 is 1.52 bits per heavy atom. The third kappa shape index (κ3) is 20.8. The molecule has 0 spiro atoms. The van der Waals surface area contributed by atoms with Gasteiger partial charge in [0.05, 0.1) is 6.42 Å². The largest absolute Gasteiger partial charge is 0.480 e. The van der Waals surface area contributed by atoms with E-state index in [1.807, 2.05) is 0 Å². The molecule has 1 unspecified atom stereocenters. The number of benzene rings is 2. The van der Waals surface area contributed by atoms with Gasteiger partial charge in [0.15, 0.2) is 5.96 Å².